The van der Waals surface area contributed by atoms with E-state index in [1.807, 2.05) is 25.1 Å². The SMILES string of the molecule is COCCOCC(=O)Nc1cccc(I)c1C. The van der Waals surface area contributed by atoms with Crippen molar-refractivity contribution in [1.82, 2.24) is 0 Å². The molecule has 1 rings (SSSR count). The van der Waals surface area contributed by atoms with Gasteiger partial charge in [-0.3, -0.25) is 4.79 Å². The van der Waals surface area contributed by atoms with E-state index < -0.39 is 0 Å². The molecule has 0 aromatic heterocycles. The molecule has 0 heterocycles. The standard InChI is InChI=1S/C12H16INO3/c1-9-10(13)4-3-5-11(9)14-12(15)8-17-7-6-16-2/h3-5H,6-8H2,1-2H3,(H,14,15). The maximum Gasteiger partial charge on any atom is 0.250 e. The van der Waals surface area contributed by atoms with Crippen LogP contribution >= 0.6 is 22.6 Å². The Hall–Kier alpha value is -0.660. The van der Waals surface area contributed by atoms with Crippen molar-refractivity contribution in [2.75, 3.05) is 32.2 Å². The van der Waals surface area contributed by atoms with Crippen LogP contribution in [0.2, 0.25) is 0 Å². The molecule has 0 saturated carbocycles. The fourth-order valence-corrected chi connectivity index (χ4v) is 1.73. The molecule has 1 amide bonds. The lowest BCUT2D eigenvalue weighted by Gasteiger charge is -2.09. The molecule has 1 aromatic carbocycles. The van der Waals surface area contributed by atoms with Crippen molar-refractivity contribution < 1.29 is 14.3 Å². The van der Waals surface area contributed by atoms with Gasteiger partial charge in [0, 0.05) is 16.4 Å². The highest BCUT2D eigenvalue weighted by Gasteiger charge is 2.06. The Morgan fingerprint density at radius 2 is 2.18 bits per heavy atom. The molecule has 17 heavy (non-hydrogen) atoms. The van der Waals surface area contributed by atoms with Gasteiger partial charge in [0.2, 0.25) is 5.91 Å². The van der Waals surface area contributed by atoms with Crippen LogP contribution < -0.4 is 5.32 Å². The number of benzene rings is 1. The summed E-state index contributed by atoms with van der Waals surface area (Å²) < 4.78 is 11.1. The van der Waals surface area contributed by atoms with Gasteiger partial charge in [-0.05, 0) is 47.2 Å². The van der Waals surface area contributed by atoms with Crippen LogP contribution in [-0.4, -0.2) is 32.8 Å². The fraction of sp³-hybridized carbons (Fsp3) is 0.417. The monoisotopic (exact) mass is 349 g/mol. The second kappa shape index (κ2) is 7.62. The molecule has 5 heteroatoms. The molecular formula is C12H16INO3. The molecular weight excluding hydrogens is 333 g/mol. The minimum atomic E-state index is -0.147. The third-order valence-electron chi connectivity index (χ3n) is 2.21. The van der Waals surface area contributed by atoms with Crippen molar-refractivity contribution in [1.29, 1.82) is 0 Å². The zero-order valence-corrected chi connectivity index (χ0v) is 12.1. The summed E-state index contributed by atoms with van der Waals surface area (Å²) >= 11 is 2.24. The molecule has 4 nitrogen and oxygen atoms in total. The molecule has 0 aliphatic rings. The number of hydrogen-bond acceptors (Lipinski definition) is 3. The third-order valence-corrected chi connectivity index (χ3v) is 3.38. The van der Waals surface area contributed by atoms with Crippen LogP contribution in [0.25, 0.3) is 0 Å². The lowest BCUT2D eigenvalue weighted by Crippen LogP contribution is -2.20. The summed E-state index contributed by atoms with van der Waals surface area (Å²) in [5.41, 5.74) is 1.90. The van der Waals surface area contributed by atoms with Crippen molar-refractivity contribution in [2.24, 2.45) is 0 Å². The number of anilines is 1. The van der Waals surface area contributed by atoms with E-state index in [9.17, 15) is 4.79 Å². The number of halogens is 1. The second-order valence-corrected chi connectivity index (χ2v) is 4.67. The number of methoxy groups -OCH3 is 1. The number of hydrogen-bond donors (Lipinski definition) is 1. The number of carbonyl (C=O) groups is 1. The van der Waals surface area contributed by atoms with E-state index in [1.165, 1.54) is 0 Å². The van der Waals surface area contributed by atoms with E-state index >= 15 is 0 Å². The number of amides is 1. The molecule has 0 spiro atoms. The van der Waals surface area contributed by atoms with Gasteiger partial charge in [0.25, 0.3) is 0 Å². The van der Waals surface area contributed by atoms with E-state index in [1.54, 1.807) is 7.11 Å². The maximum absolute atomic E-state index is 11.6. The minimum absolute atomic E-state index is 0.0499. The predicted octanol–water partition coefficient (Wildman–Crippen LogP) is 2.20. The molecule has 0 atom stereocenters. The Morgan fingerprint density at radius 3 is 2.88 bits per heavy atom. The van der Waals surface area contributed by atoms with E-state index in [0.29, 0.717) is 13.2 Å². The van der Waals surface area contributed by atoms with E-state index in [-0.39, 0.29) is 12.5 Å². The average molecular weight is 349 g/mol. The Morgan fingerprint density at radius 1 is 1.41 bits per heavy atom. The second-order valence-electron chi connectivity index (χ2n) is 3.51. The highest BCUT2D eigenvalue weighted by molar-refractivity contribution is 14.1. The first kappa shape index (κ1) is 14.4. The first-order valence-electron chi connectivity index (χ1n) is 5.26. The summed E-state index contributed by atoms with van der Waals surface area (Å²) in [7, 11) is 1.60. The first-order valence-corrected chi connectivity index (χ1v) is 6.34. The summed E-state index contributed by atoms with van der Waals surface area (Å²) in [4.78, 5) is 11.6. The van der Waals surface area contributed by atoms with Gasteiger partial charge in [-0.15, -0.1) is 0 Å². The normalized spacial score (nSPS) is 10.3. The van der Waals surface area contributed by atoms with Gasteiger partial charge >= 0.3 is 0 Å². The van der Waals surface area contributed by atoms with Crippen LogP contribution in [-0.2, 0) is 14.3 Å². The summed E-state index contributed by atoms with van der Waals surface area (Å²) in [6.45, 7) is 2.95. The Balaban J connectivity index is 2.43. The summed E-state index contributed by atoms with van der Waals surface area (Å²) in [5.74, 6) is -0.147. The van der Waals surface area contributed by atoms with E-state index in [0.717, 1.165) is 14.8 Å². The number of nitrogens with one attached hydrogen (secondary N) is 1. The highest BCUT2D eigenvalue weighted by atomic mass is 127. The maximum atomic E-state index is 11.6. The van der Waals surface area contributed by atoms with Gasteiger partial charge in [-0.25, -0.2) is 0 Å². The zero-order chi connectivity index (χ0) is 12.7. The Bertz CT molecular complexity index is 382. The van der Waals surface area contributed by atoms with Crippen LogP contribution in [0, 0.1) is 10.5 Å². The Labute approximate surface area is 115 Å². The topological polar surface area (TPSA) is 47.6 Å². The minimum Gasteiger partial charge on any atom is -0.382 e. The number of ether oxygens (including phenoxy) is 2. The van der Waals surface area contributed by atoms with Crippen molar-refractivity contribution in [3.05, 3.63) is 27.3 Å². The molecule has 0 saturated heterocycles. The molecule has 94 valence electrons. The van der Waals surface area contributed by atoms with Crippen molar-refractivity contribution >= 4 is 34.2 Å². The van der Waals surface area contributed by atoms with Crippen LogP contribution in [0.15, 0.2) is 18.2 Å². The molecule has 0 bridgehead atoms. The molecule has 0 radical (unpaired) electrons. The zero-order valence-electron chi connectivity index (χ0n) is 9.96. The van der Waals surface area contributed by atoms with Crippen LogP contribution in [0.4, 0.5) is 5.69 Å². The summed E-state index contributed by atoms with van der Waals surface area (Å²) in [6, 6.07) is 5.79. The molecule has 0 unspecified atom stereocenters. The smallest absolute Gasteiger partial charge is 0.250 e. The molecule has 0 aliphatic heterocycles. The third kappa shape index (κ3) is 5.01. The van der Waals surface area contributed by atoms with Gasteiger partial charge in [0.05, 0.1) is 13.2 Å². The van der Waals surface area contributed by atoms with Crippen molar-refractivity contribution in [3.8, 4) is 0 Å². The van der Waals surface area contributed by atoms with Crippen molar-refractivity contribution in [3.63, 3.8) is 0 Å². The molecule has 1 aromatic rings. The van der Waals surface area contributed by atoms with Gasteiger partial charge in [-0.2, -0.15) is 0 Å². The van der Waals surface area contributed by atoms with E-state index in [2.05, 4.69) is 27.9 Å². The van der Waals surface area contributed by atoms with Gasteiger partial charge in [-0.1, -0.05) is 6.07 Å². The molecule has 0 aliphatic carbocycles. The average Bonchev–Trinajstić information content (AvgIpc) is 2.31. The van der Waals surface area contributed by atoms with Crippen molar-refractivity contribution in [2.45, 2.75) is 6.92 Å². The van der Waals surface area contributed by atoms with Crippen LogP contribution in [0.5, 0.6) is 0 Å². The van der Waals surface area contributed by atoms with Gasteiger partial charge < -0.3 is 14.8 Å². The molecule has 0 fully saturated rings. The first-order chi connectivity index (χ1) is 8.15. The van der Waals surface area contributed by atoms with E-state index in [4.69, 9.17) is 9.47 Å². The van der Waals surface area contributed by atoms with Gasteiger partial charge in [0.15, 0.2) is 0 Å². The number of carbonyl (C=O) groups excluding carboxylic acids is 1. The van der Waals surface area contributed by atoms with Gasteiger partial charge in [0.1, 0.15) is 6.61 Å². The lowest BCUT2D eigenvalue weighted by molar-refractivity contribution is -0.121. The van der Waals surface area contributed by atoms with Crippen LogP contribution in [0.3, 0.4) is 0 Å². The quantitative estimate of drug-likeness (QED) is 0.633. The highest BCUT2D eigenvalue weighted by Crippen LogP contribution is 2.20. The summed E-state index contributed by atoms with van der Waals surface area (Å²) in [6.07, 6.45) is 0. The Kier molecular flexibility index (Phi) is 6.46. The molecule has 1 N–H and O–H groups in total. The number of rotatable bonds is 6. The summed E-state index contributed by atoms with van der Waals surface area (Å²) in [5, 5.41) is 2.82. The largest absolute Gasteiger partial charge is 0.382 e. The van der Waals surface area contributed by atoms with Crippen LogP contribution in [0.1, 0.15) is 5.56 Å². The predicted molar refractivity (Wildman–Crippen MR) is 75.2 cm³/mol. The fourth-order valence-electron chi connectivity index (χ4n) is 1.24. The lowest BCUT2D eigenvalue weighted by atomic mass is 10.2.